The van der Waals surface area contributed by atoms with Crippen LogP contribution in [0.5, 0.6) is 0 Å². The first-order valence-corrected chi connectivity index (χ1v) is 9.90. The van der Waals surface area contributed by atoms with Crippen LogP contribution in [-0.4, -0.2) is 37.9 Å². The van der Waals surface area contributed by atoms with Gasteiger partial charge in [-0.25, -0.2) is 9.89 Å². The van der Waals surface area contributed by atoms with Crippen molar-refractivity contribution < 1.29 is 9.90 Å². The van der Waals surface area contributed by atoms with E-state index in [0.717, 1.165) is 37.9 Å². The number of carbonyl (C=O) groups is 1. The van der Waals surface area contributed by atoms with E-state index in [1.165, 1.54) is 12.0 Å². The summed E-state index contributed by atoms with van der Waals surface area (Å²) < 4.78 is 0. The number of carboxylic acid groups (broad SMARTS) is 1. The van der Waals surface area contributed by atoms with Crippen molar-refractivity contribution in [3.63, 3.8) is 0 Å². The second kappa shape index (κ2) is 6.32. The van der Waals surface area contributed by atoms with Crippen LogP contribution in [0.3, 0.4) is 0 Å². The van der Waals surface area contributed by atoms with Gasteiger partial charge < -0.3 is 10.4 Å². The molecule has 3 unspecified atom stereocenters. The molecule has 1 heterocycles. The summed E-state index contributed by atoms with van der Waals surface area (Å²) in [5, 5.41) is 27.2. The molecule has 142 valence electrons. The van der Waals surface area contributed by atoms with Crippen molar-refractivity contribution in [2.24, 2.45) is 23.2 Å². The number of tetrazole rings is 1. The number of rotatable bonds is 5. The van der Waals surface area contributed by atoms with Crippen molar-refractivity contribution in [3.8, 4) is 0 Å². The molecule has 1 amide bonds. The quantitative estimate of drug-likeness (QED) is 0.754. The molecule has 4 aliphatic rings. The number of amides is 1. The summed E-state index contributed by atoms with van der Waals surface area (Å²) in [6.07, 6.45) is 5.65. The summed E-state index contributed by atoms with van der Waals surface area (Å²) in [7, 11) is 0. The van der Waals surface area contributed by atoms with E-state index in [4.69, 9.17) is 0 Å². The highest BCUT2D eigenvalue weighted by atomic mass is 16.4. The van der Waals surface area contributed by atoms with Gasteiger partial charge in [-0.15, -0.1) is 5.10 Å². The first kappa shape index (κ1) is 16.7. The van der Waals surface area contributed by atoms with Gasteiger partial charge in [-0.3, -0.25) is 0 Å². The molecule has 4 bridgehead atoms. The number of aromatic amines is 1. The SMILES string of the molecule is O=C(O)NC1C2CC3CC1CC(C(Cc1ccccc1)c1nnn[nH]1)(C3)C2. The molecule has 4 aliphatic carbocycles. The third-order valence-corrected chi connectivity index (χ3v) is 7.32. The van der Waals surface area contributed by atoms with Crippen LogP contribution in [-0.2, 0) is 6.42 Å². The maximum atomic E-state index is 11.3. The largest absolute Gasteiger partial charge is 0.465 e. The minimum atomic E-state index is -0.887. The number of nitrogens with zero attached hydrogens (tertiary/aromatic N) is 3. The third kappa shape index (κ3) is 2.89. The second-order valence-corrected chi connectivity index (χ2v) is 8.84. The summed E-state index contributed by atoms with van der Waals surface area (Å²) in [5.41, 5.74) is 1.46. The number of hydrogen-bond acceptors (Lipinski definition) is 4. The first-order valence-electron chi connectivity index (χ1n) is 9.90. The van der Waals surface area contributed by atoms with E-state index in [2.05, 4.69) is 50.2 Å². The summed E-state index contributed by atoms with van der Waals surface area (Å²) in [4.78, 5) is 11.3. The fourth-order valence-corrected chi connectivity index (χ4v) is 6.66. The zero-order valence-electron chi connectivity index (χ0n) is 15.2. The van der Waals surface area contributed by atoms with Gasteiger partial charge in [-0.2, -0.15) is 0 Å². The Hall–Kier alpha value is -2.44. The Labute approximate surface area is 157 Å². The molecule has 1 aromatic carbocycles. The highest BCUT2D eigenvalue weighted by Gasteiger charge is 2.58. The van der Waals surface area contributed by atoms with Crippen molar-refractivity contribution in [1.82, 2.24) is 25.9 Å². The van der Waals surface area contributed by atoms with Gasteiger partial charge in [0.2, 0.25) is 0 Å². The van der Waals surface area contributed by atoms with Gasteiger partial charge in [0.1, 0.15) is 0 Å². The Morgan fingerprint density at radius 2 is 1.96 bits per heavy atom. The Kier molecular flexibility index (Phi) is 3.91. The highest BCUT2D eigenvalue weighted by Crippen LogP contribution is 2.64. The van der Waals surface area contributed by atoms with Crippen molar-refractivity contribution in [2.75, 3.05) is 0 Å². The van der Waals surface area contributed by atoms with E-state index in [9.17, 15) is 9.90 Å². The molecule has 3 atom stereocenters. The van der Waals surface area contributed by atoms with Crippen LogP contribution in [0.2, 0.25) is 0 Å². The molecule has 27 heavy (non-hydrogen) atoms. The van der Waals surface area contributed by atoms with Gasteiger partial charge in [-0.1, -0.05) is 30.3 Å². The van der Waals surface area contributed by atoms with Gasteiger partial charge in [0.25, 0.3) is 0 Å². The molecule has 2 aromatic rings. The first-order chi connectivity index (χ1) is 13.1. The fourth-order valence-electron chi connectivity index (χ4n) is 6.66. The Morgan fingerprint density at radius 3 is 2.59 bits per heavy atom. The van der Waals surface area contributed by atoms with Crippen molar-refractivity contribution in [3.05, 3.63) is 41.7 Å². The van der Waals surface area contributed by atoms with Gasteiger partial charge in [0.15, 0.2) is 5.82 Å². The molecule has 0 aliphatic heterocycles. The van der Waals surface area contributed by atoms with Gasteiger partial charge in [0, 0.05) is 12.0 Å². The van der Waals surface area contributed by atoms with Crippen LogP contribution in [0, 0.1) is 23.2 Å². The average Bonchev–Trinajstić information content (AvgIpc) is 3.17. The molecule has 4 fully saturated rings. The molecule has 0 radical (unpaired) electrons. The van der Waals surface area contributed by atoms with Crippen LogP contribution in [0.4, 0.5) is 4.79 Å². The lowest BCUT2D eigenvalue weighted by Gasteiger charge is -2.62. The maximum absolute atomic E-state index is 11.3. The predicted molar refractivity (Wildman–Crippen MR) is 98.0 cm³/mol. The molecule has 0 saturated heterocycles. The van der Waals surface area contributed by atoms with Crippen LogP contribution in [0.1, 0.15) is 49.4 Å². The van der Waals surface area contributed by atoms with E-state index in [1.807, 2.05) is 6.07 Å². The zero-order valence-corrected chi connectivity index (χ0v) is 15.2. The number of hydrogen-bond donors (Lipinski definition) is 3. The second-order valence-electron chi connectivity index (χ2n) is 8.84. The Morgan fingerprint density at radius 1 is 1.22 bits per heavy atom. The lowest BCUT2D eigenvalue weighted by Crippen LogP contribution is -2.60. The minimum Gasteiger partial charge on any atom is -0.465 e. The monoisotopic (exact) mass is 367 g/mol. The average molecular weight is 367 g/mol. The van der Waals surface area contributed by atoms with Gasteiger partial charge in [-0.05, 0) is 77.7 Å². The van der Waals surface area contributed by atoms with E-state index in [0.29, 0.717) is 17.8 Å². The molecular formula is C20H25N5O2. The molecule has 6 rings (SSSR count). The number of nitrogens with one attached hydrogen (secondary N) is 2. The topological polar surface area (TPSA) is 104 Å². The highest BCUT2D eigenvalue weighted by molar-refractivity contribution is 5.65. The van der Waals surface area contributed by atoms with E-state index >= 15 is 0 Å². The minimum absolute atomic E-state index is 0.109. The fraction of sp³-hybridized carbons (Fsp3) is 0.600. The molecular weight excluding hydrogens is 342 g/mol. The van der Waals surface area contributed by atoms with Gasteiger partial charge in [0.05, 0.1) is 0 Å². The third-order valence-electron chi connectivity index (χ3n) is 7.32. The molecule has 1 aromatic heterocycles. The van der Waals surface area contributed by atoms with E-state index in [-0.39, 0.29) is 17.4 Å². The number of H-pyrrole nitrogens is 1. The summed E-state index contributed by atoms with van der Waals surface area (Å²) >= 11 is 0. The summed E-state index contributed by atoms with van der Waals surface area (Å²) in [6.45, 7) is 0. The van der Waals surface area contributed by atoms with E-state index in [1.54, 1.807) is 0 Å². The zero-order chi connectivity index (χ0) is 18.4. The lowest BCUT2D eigenvalue weighted by molar-refractivity contribution is -0.0897. The Balaban J connectivity index is 1.48. The van der Waals surface area contributed by atoms with Gasteiger partial charge >= 0.3 is 6.09 Å². The van der Waals surface area contributed by atoms with Crippen molar-refractivity contribution >= 4 is 6.09 Å². The summed E-state index contributed by atoms with van der Waals surface area (Å²) in [6, 6.07) is 10.7. The predicted octanol–water partition coefficient (Wildman–Crippen LogP) is 2.99. The normalized spacial score (nSPS) is 35.1. The number of benzene rings is 1. The van der Waals surface area contributed by atoms with Crippen LogP contribution in [0.15, 0.2) is 30.3 Å². The summed E-state index contributed by atoms with van der Waals surface area (Å²) in [5.74, 6) is 2.68. The van der Waals surface area contributed by atoms with E-state index < -0.39 is 6.09 Å². The van der Waals surface area contributed by atoms with Crippen molar-refractivity contribution in [2.45, 2.75) is 50.5 Å². The smallest absolute Gasteiger partial charge is 0.404 e. The van der Waals surface area contributed by atoms with Crippen LogP contribution in [0.25, 0.3) is 0 Å². The molecule has 4 saturated carbocycles. The Bertz CT molecular complexity index is 793. The lowest BCUT2D eigenvalue weighted by atomic mass is 9.44. The van der Waals surface area contributed by atoms with Crippen molar-refractivity contribution in [1.29, 1.82) is 0 Å². The molecule has 7 heteroatoms. The van der Waals surface area contributed by atoms with Crippen LogP contribution >= 0.6 is 0 Å². The molecule has 3 N–H and O–H groups in total. The maximum Gasteiger partial charge on any atom is 0.404 e. The van der Waals surface area contributed by atoms with Crippen LogP contribution < -0.4 is 5.32 Å². The standard InChI is InChI=1S/C20H25N5O2/c26-19(27)21-17-14-6-13-7-15(17)11-20(9-13,10-14)16(18-22-24-25-23-18)8-12-4-2-1-3-5-12/h1-5,13-17,21H,6-11H2,(H,26,27)(H,22,23,24,25). The molecule has 0 spiro atoms. The number of aromatic nitrogens is 4. The molecule has 7 nitrogen and oxygen atoms in total.